The Morgan fingerprint density at radius 2 is 1.89 bits per heavy atom. The lowest BCUT2D eigenvalue weighted by Gasteiger charge is -2.00. The van der Waals surface area contributed by atoms with Crippen LogP contribution in [-0.4, -0.2) is 21.1 Å². The van der Waals surface area contributed by atoms with Gasteiger partial charge in [0.2, 0.25) is 5.82 Å². The summed E-state index contributed by atoms with van der Waals surface area (Å²) in [4.78, 5) is 20.6. The topological polar surface area (TPSA) is 78.1 Å². The number of esters is 1. The van der Waals surface area contributed by atoms with Gasteiger partial charge in [0.15, 0.2) is 6.61 Å². The number of hydrogen-bond donors (Lipinski definition) is 0. The van der Waals surface area contributed by atoms with Gasteiger partial charge >= 0.3 is 5.97 Å². The summed E-state index contributed by atoms with van der Waals surface area (Å²) in [6.07, 6.45) is 4.76. The maximum Gasteiger partial charge on any atom is 0.331 e. The average molecular weight is 357 g/mol. The van der Waals surface area contributed by atoms with Gasteiger partial charge in [0.05, 0.1) is 5.52 Å². The number of ether oxygens (including phenoxy) is 1. The van der Waals surface area contributed by atoms with Crippen molar-refractivity contribution in [3.05, 3.63) is 84.4 Å². The summed E-state index contributed by atoms with van der Waals surface area (Å²) in [5.74, 6) is 0.198. The van der Waals surface area contributed by atoms with Crippen LogP contribution in [0.25, 0.3) is 28.4 Å². The number of pyridine rings is 1. The zero-order valence-electron chi connectivity index (χ0n) is 14.3. The molecule has 27 heavy (non-hydrogen) atoms. The lowest BCUT2D eigenvalue weighted by Crippen LogP contribution is -2.01. The first-order valence-corrected chi connectivity index (χ1v) is 8.36. The quantitative estimate of drug-likeness (QED) is 0.396. The minimum atomic E-state index is -0.498. The molecule has 6 heteroatoms. The predicted molar refractivity (Wildman–Crippen MR) is 100 cm³/mol. The molecule has 2 aromatic carbocycles. The van der Waals surface area contributed by atoms with E-state index in [0.29, 0.717) is 5.82 Å². The third kappa shape index (κ3) is 3.90. The summed E-state index contributed by atoms with van der Waals surface area (Å²) in [5.41, 5.74) is 2.50. The molecule has 0 bridgehead atoms. The monoisotopic (exact) mass is 357 g/mol. The SMILES string of the molecule is O=C(/C=C/c1cccc2cccnc12)OCc1nc(-c2ccccc2)no1. The van der Waals surface area contributed by atoms with Gasteiger partial charge in [-0.25, -0.2) is 4.79 Å². The number of fused-ring (bicyclic) bond motifs is 1. The highest BCUT2D eigenvalue weighted by Gasteiger charge is 2.10. The zero-order chi connectivity index (χ0) is 18.5. The Balaban J connectivity index is 1.40. The molecule has 0 aliphatic rings. The first-order valence-electron chi connectivity index (χ1n) is 8.36. The van der Waals surface area contributed by atoms with Gasteiger partial charge in [-0.15, -0.1) is 0 Å². The molecular formula is C21H15N3O3. The normalized spacial score (nSPS) is 11.1. The maximum atomic E-state index is 12.0. The van der Waals surface area contributed by atoms with Crippen molar-refractivity contribution in [3.63, 3.8) is 0 Å². The molecule has 0 saturated heterocycles. The molecule has 2 aromatic heterocycles. The van der Waals surface area contributed by atoms with E-state index in [0.717, 1.165) is 22.0 Å². The van der Waals surface area contributed by atoms with Crippen molar-refractivity contribution in [3.8, 4) is 11.4 Å². The van der Waals surface area contributed by atoms with Crippen LogP contribution in [0.15, 0.2) is 77.5 Å². The van der Waals surface area contributed by atoms with E-state index in [1.165, 1.54) is 6.08 Å². The molecular weight excluding hydrogens is 342 g/mol. The molecule has 0 saturated carbocycles. The molecule has 6 nitrogen and oxygen atoms in total. The highest BCUT2D eigenvalue weighted by molar-refractivity contribution is 5.92. The van der Waals surface area contributed by atoms with Gasteiger partial charge in [0.1, 0.15) is 0 Å². The molecule has 0 atom stereocenters. The number of aromatic nitrogens is 3. The summed E-state index contributed by atoms with van der Waals surface area (Å²) < 4.78 is 10.3. The van der Waals surface area contributed by atoms with Crippen LogP contribution >= 0.6 is 0 Å². The van der Waals surface area contributed by atoms with Gasteiger partial charge in [-0.2, -0.15) is 4.98 Å². The van der Waals surface area contributed by atoms with Crippen molar-refractivity contribution >= 4 is 22.9 Å². The fraction of sp³-hybridized carbons (Fsp3) is 0.0476. The fourth-order valence-electron chi connectivity index (χ4n) is 2.62. The highest BCUT2D eigenvalue weighted by atomic mass is 16.6. The fourth-order valence-corrected chi connectivity index (χ4v) is 2.62. The molecule has 132 valence electrons. The summed E-state index contributed by atoms with van der Waals surface area (Å²) in [5, 5.41) is 4.90. The van der Waals surface area contributed by atoms with E-state index in [2.05, 4.69) is 15.1 Å². The molecule has 2 heterocycles. The standard InChI is InChI=1S/C21H15N3O3/c25-19(12-11-16-9-4-8-15-10-5-13-22-20(15)16)26-14-18-23-21(24-27-18)17-6-2-1-3-7-17/h1-13H,14H2/b12-11+. The van der Waals surface area contributed by atoms with Crippen molar-refractivity contribution < 1.29 is 14.1 Å². The largest absolute Gasteiger partial charge is 0.452 e. The predicted octanol–water partition coefficient (Wildman–Crippen LogP) is 4.04. The first-order chi connectivity index (χ1) is 13.3. The summed E-state index contributed by atoms with van der Waals surface area (Å²) >= 11 is 0. The Bertz CT molecular complexity index is 1100. The first kappa shape index (κ1) is 16.7. The number of para-hydroxylation sites is 1. The molecule has 0 amide bonds. The van der Waals surface area contributed by atoms with Crippen LogP contribution in [0.3, 0.4) is 0 Å². The van der Waals surface area contributed by atoms with E-state index in [-0.39, 0.29) is 12.5 Å². The minimum Gasteiger partial charge on any atom is -0.452 e. The van der Waals surface area contributed by atoms with Crippen LogP contribution < -0.4 is 0 Å². The number of carbonyl (C=O) groups is 1. The summed E-state index contributed by atoms with van der Waals surface area (Å²) in [6, 6.07) is 19.1. The van der Waals surface area contributed by atoms with Crippen LogP contribution in [0, 0.1) is 0 Å². The Labute approximate surface area is 155 Å². The average Bonchev–Trinajstić information content (AvgIpc) is 3.20. The third-order valence-corrected chi connectivity index (χ3v) is 3.90. The number of nitrogens with zero attached hydrogens (tertiary/aromatic N) is 3. The van der Waals surface area contributed by atoms with Crippen LogP contribution in [0.1, 0.15) is 11.5 Å². The lowest BCUT2D eigenvalue weighted by molar-refractivity contribution is -0.139. The number of benzene rings is 2. The van der Waals surface area contributed by atoms with Crippen LogP contribution in [0.2, 0.25) is 0 Å². The van der Waals surface area contributed by atoms with E-state index in [9.17, 15) is 4.79 Å². The van der Waals surface area contributed by atoms with Crippen LogP contribution in [-0.2, 0) is 16.1 Å². The van der Waals surface area contributed by atoms with Gasteiger partial charge in [-0.3, -0.25) is 4.98 Å². The van der Waals surface area contributed by atoms with E-state index in [1.807, 2.05) is 60.7 Å². The van der Waals surface area contributed by atoms with Crippen molar-refractivity contribution in [1.29, 1.82) is 0 Å². The number of rotatable bonds is 5. The molecule has 0 aliphatic heterocycles. The van der Waals surface area contributed by atoms with E-state index in [1.54, 1.807) is 12.3 Å². The van der Waals surface area contributed by atoms with Crippen molar-refractivity contribution in [2.24, 2.45) is 0 Å². The van der Waals surface area contributed by atoms with Crippen molar-refractivity contribution in [2.45, 2.75) is 6.61 Å². The van der Waals surface area contributed by atoms with E-state index < -0.39 is 5.97 Å². The van der Waals surface area contributed by atoms with Crippen LogP contribution in [0.5, 0.6) is 0 Å². The molecule has 4 aromatic rings. The number of carbonyl (C=O) groups excluding carboxylic acids is 1. The highest BCUT2D eigenvalue weighted by Crippen LogP contribution is 2.17. The van der Waals surface area contributed by atoms with Gasteiger partial charge < -0.3 is 9.26 Å². The molecule has 0 aliphatic carbocycles. The smallest absolute Gasteiger partial charge is 0.331 e. The van der Waals surface area contributed by atoms with Crippen molar-refractivity contribution in [2.75, 3.05) is 0 Å². The van der Waals surface area contributed by atoms with Gasteiger partial charge in [-0.05, 0) is 12.1 Å². The van der Waals surface area contributed by atoms with Gasteiger partial charge in [0, 0.05) is 28.8 Å². The molecule has 4 rings (SSSR count). The second-order valence-corrected chi connectivity index (χ2v) is 5.74. The second-order valence-electron chi connectivity index (χ2n) is 5.74. The van der Waals surface area contributed by atoms with Crippen LogP contribution in [0.4, 0.5) is 0 Å². The Morgan fingerprint density at radius 1 is 1.04 bits per heavy atom. The maximum absolute atomic E-state index is 12.0. The minimum absolute atomic E-state index is 0.0865. The second kappa shape index (κ2) is 7.61. The summed E-state index contributed by atoms with van der Waals surface area (Å²) in [6.45, 7) is -0.0865. The Kier molecular flexibility index (Phi) is 4.70. The van der Waals surface area contributed by atoms with Crippen molar-refractivity contribution in [1.82, 2.24) is 15.1 Å². The third-order valence-electron chi connectivity index (χ3n) is 3.90. The Morgan fingerprint density at radius 3 is 2.78 bits per heavy atom. The van der Waals surface area contributed by atoms with E-state index in [4.69, 9.17) is 9.26 Å². The lowest BCUT2D eigenvalue weighted by atomic mass is 10.1. The van der Waals surface area contributed by atoms with E-state index >= 15 is 0 Å². The van der Waals surface area contributed by atoms with Gasteiger partial charge in [-0.1, -0.05) is 59.8 Å². The van der Waals surface area contributed by atoms with Gasteiger partial charge in [0.25, 0.3) is 5.89 Å². The molecule has 0 spiro atoms. The molecule has 0 N–H and O–H groups in total. The summed E-state index contributed by atoms with van der Waals surface area (Å²) in [7, 11) is 0. The zero-order valence-corrected chi connectivity index (χ0v) is 14.3. The molecule has 0 unspecified atom stereocenters. The number of hydrogen-bond acceptors (Lipinski definition) is 6. The molecule has 0 fully saturated rings. The molecule has 0 radical (unpaired) electrons. The Hall–Kier alpha value is -3.80.